The Labute approximate surface area is 321 Å². The van der Waals surface area contributed by atoms with E-state index in [4.69, 9.17) is 0 Å². The van der Waals surface area contributed by atoms with Crippen LogP contribution in [-0.4, -0.2) is 34.9 Å². The van der Waals surface area contributed by atoms with Gasteiger partial charge in [0.2, 0.25) is 5.91 Å². The van der Waals surface area contributed by atoms with Crippen LogP contribution in [0.1, 0.15) is 168 Å². The summed E-state index contributed by atoms with van der Waals surface area (Å²) < 4.78 is 0. The highest BCUT2D eigenvalue weighted by molar-refractivity contribution is 5.76. The van der Waals surface area contributed by atoms with Crippen molar-refractivity contribution in [2.24, 2.45) is 0 Å². The number of hydrogen-bond acceptors (Lipinski definition) is 3. The number of hydrogen-bond donors (Lipinski definition) is 3. The van der Waals surface area contributed by atoms with E-state index in [9.17, 15) is 15.0 Å². The van der Waals surface area contributed by atoms with Crippen molar-refractivity contribution in [1.82, 2.24) is 5.32 Å². The highest BCUT2D eigenvalue weighted by Gasteiger charge is 2.17. The predicted molar refractivity (Wildman–Crippen MR) is 229 cm³/mol. The van der Waals surface area contributed by atoms with Crippen molar-refractivity contribution in [3.05, 3.63) is 109 Å². The Balaban J connectivity index is 3.63. The summed E-state index contributed by atoms with van der Waals surface area (Å²) in [6, 6.07) is -0.647. The van der Waals surface area contributed by atoms with E-state index in [1.165, 1.54) is 64.2 Å². The minimum absolute atomic E-state index is 0.0899. The van der Waals surface area contributed by atoms with Gasteiger partial charge in [0, 0.05) is 6.42 Å². The maximum atomic E-state index is 12.3. The fourth-order valence-corrected chi connectivity index (χ4v) is 5.52. The number of aliphatic hydroxyl groups is 2. The number of aliphatic hydroxyl groups excluding tert-OH is 2. The van der Waals surface area contributed by atoms with Crippen LogP contribution in [0.15, 0.2) is 109 Å². The van der Waals surface area contributed by atoms with E-state index in [1.54, 1.807) is 6.08 Å². The Morgan fingerprint density at radius 3 is 1.35 bits per heavy atom. The van der Waals surface area contributed by atoms with Crippen LogP contribution in [0.4, 0.5) is 0 Å². The second-order valence-corrected chi connectivity index (χ2v) is 13.7. The van der Waals surface area contributed by atoms with Crippen molar-refractivity contribution >= 4 is 5.91 Å². The molecule has 0 aromatic heterocycles. The number of carbonyl (C=O) groups is 1. The summed E-state index contributed by atoms with van der Waals surface area (Å²) in [6.45, 7) is 4.11. The van der Waals surface area contributed by atoms with Crippen LogP contribution in [0, 0.1) is 0 Å². The molecule has 0 heterocycles. The molecule has 2 atom stereocenters. The molecule has 0 radical (unpaired) electrons. The van der Waals surface area contributed by atoms with Gasteiger partial charge < -0.3 is 15.5 Å². The quantitative estimate of drug-likeness (QED) is 0.0446. The Morgan fingerprint density at radius 2 is 0.865 bits per heavy atom. The summed E-state index contributed by atoms with van der Waals surface area (Å²) in [5, 5.41) is 22.8. The maximum Gasteiger partial charge on any atom is 0.220 e. The van der Waals surface area contributed by atoms with Crippen molar-refractivity contribution in [3.63, 3.8) is 0 Å². The van der Waals surface area contributed by atoms with Gasteiger partial charge in [-0.3, -0.25) is 4.79 Å². The standard InChI is InChI=1S/C48H79NO3/c1-3-5-7-9-11-13-14-15-16-17-18-19-20-21-22-23-24-25-26-27-28-29-30-31-32-33-34-36-38-40-42-44-48(52)49-46(45-50)47(51)43-41-39-37-35-12-10-8-6-4-2/h5,7,11-13,15-16,18-19,21-22,24-25,27-28,35,41,43,46-47,50-51H,3-4,6,8-10,14,17,20,23,26,29-34,36-40,42,44-45H2,1-2H3,(H,49,52)/b7-5-,13-11-,16-15-,19-18-,22-21-,25-24-,28-27-,35-12+,43-41+. The van der Waals surface area contributed by atoms with Crippen molar-refractivity contribution in [2.75, 3.05) is 6.61 Å². The second kappa shape index (κ2) is 42.5. The molecule has 0 bridgehead atoms. The fraction of sp³-hybridized carbons (Fsp3) is 0.604. The van der Waals surface area contributed by atoms with Crippen molar-refractivity contribution in [2.45, 2.75) is 180 Å². The molecule has 0 saturated carbocycles. The summed E-state index contributed by atoms with van der Waals surface area (Å²) >= 11 is 0. The first-order valence-electron chi connectivity index (χ1n) is 21.1. The molecule has 0 fully saturated rings. The monoisotopic (exact) mass is 718 g/mol. The molecule has 0 aromatic carbocycles. The van der Waals surface area contributed by atoms with Crippen LogP contribution in [0.3, 0.4) is 0 Å². The predicted octanol–water partition coefficient (Wildman–Crippen LogP) is 13.2. The Morgan fingerprint density at radius 1 is 0.481 bits per heavy atom. The zero-order chi connectivity index (χ0) is 37.8. The molecule has 0 aromatic rings. The van der Waals surface area contributed by atoms with Crippen LogP contribution < -0.4 is 5.32 Å². The number of amides is 1. The van der Waals surface area contributed by atoms with E-state index >= 15 is 0 Å². The number of rotatable bonds is 36. The van der Waals surface area contributed by atoms with Gasteiger partial charge in [-0.1, -0.05) is 181 Å². The van der Waals surface area contributed by atoms with Gasteiger partial charge >= 0.3 is 0 Å². The van der Waals surface area contributed by atoms with Crippen LogP contribution in [0.25, 0.3) is 0 Å². The topological polar surface area (TPSA) is 69.6 Å². The molecular weight excluding hydrogens is 639 g/mol. The molecule has 1 amide bonds. The first-order chi connectivity index (χ1) is 25.7. The third-order valence-electron chi connectivity index (χ3n) is 8.74. The molecule has 0 spiro atoms. The van der Waals surface area contributed by atoms with Gasteiger partial charge in [0.1, 0.15) is 0 Å². The lowest BCUT2D eigenvalue weighted by molar-refractivity contribution is -0.123. The molecule has 4 heteroatoms. The minimum atomic E-state index is -0.869. The summed E-state index contributed by atoms with van der Waals surface area (Å²) in [7, 11) is 0. The van der Waals surface area contributed by atoms with Gasteiger partial charge in [0.25, 0.3) is 0 Å². The van der Waals surface area contributed by atoms with E-state index in [0.29, 0.717) is 6.42 Å². The maximum absolute atomic E-state index is 12.3. The second-order valence-electron chi connectivity index (χ2n) is 13.7. The number of unbranched alkanes of at least 4 members (excludes halogenated alkanes) is 13. The van der Waals surface area contributed by atoms with Crippen molar-refractivity contribution in [1.29, 1.82) is 0 Å². The molecule has 0 rings (SSSR count). The third-order valence-corrected chi connectivity index (χ3v) is 8.74. The molecule has 4 nitrogen and oxygen atoms in total. The number of nitrogens with one attached hydrogen (secondary N) is 1. The summed E-state index contributed by atoms with van der Waals surface area (Å²) in [5.74, 6) is -0.0899. The fourth-order valence-electron chi connectivity index (χ4n) is 5.52. The van der Waals surface area contributed by atoms with E-state index < -0.39 is 12.1 Å². The van der Waals surface area contributed by atoms with E-state index in [-0.39, 0.29) is 12.5 Å². The largest absolute Gasteiger partial charge is 0.394 e. The van der Waals surface area contributed by atoms with Crippen LogP contribution in [0.2, 0.25) is 0 Å². The highest BCUT2D eigenvalue weighted by atomic mass is 16.3. The van der Waals surface area contributed by atoms with Gasteiger partial charge in [-0.05, 0) is 89.9 Å². The van der Waals surface area contributed by atoms with Crippen LogP contribution in [-0.2, 0) is 4.79 Å². The molecular formula is C48H79NO3. The average Bonchev–Trinajstić information content (AvgIpc) is 3.15. The molecule has 2 unspecified atom stereocenters. The minimum Gasteiger partial charge on any atom is -0.394 e. The Bertz CT molecular complexity index is 1040. The van der Waals surface area contributed by atoms with E-state index in [1.807, 2.05) is 6.08 Å². The highest BCUT2D eigenvalue weighted by Crippen LogP contribution is 2.12. The lowest BCUT2D eigenvalue weighted by Gasteiger charge is -2.19. The zero-order valence-corrected chi connectivity index (χ0v) is 33.5. The zero-order valence-electron chi connectivity index (χ0n) is 33.5. The average molecular weight is 718 g/mol. The Hall–Kier alpha value is -2.95. The van der Waals surface area contributed by atoms with Gasteiger partial charge in [-0.25, -0.2) is 0 Å². The van der Waals surface area contributed by atoms with Gasteiger partial charge in [0.05, 0.1) is 18.8 Å². The normalized spacial score (nSPS) is 14.2. The van der Waals surface area contributed by atoms with Crippen molar-refractivity contribution < 1.29 is 15.0 Å². The molecule has 3 N–H and O–H groups in total. The van der Waals surface area contributed by atoms with Crippen LogP contribution in [0.5, 0.6) is 0 Å². The SMILES string of the molecule is CC/C=C\C/C=C\C/C=C\C/C=C\C/C=C\C/C=C\C/C=C\CCCCCCCCCCCC(=O)NC(CO)C(O)/C=C/CC/C=C/CCCCC. The summed E-state index contributed by atoms with van der Waals surface area (Å²) in [6.07, 6.45) is 64.8. The number of allylic oxidation sites excluding steroid dienone is 17. The third kappa shape index (κ3) is 38.3. The first-order valence-corrected chi connectivity index (χ1v) is 21.1. The molecule has 0 aliphatic rings. The summed E-state index contributed by atoms with van der Waals surface area (Å²) in [5.41, 5.74) is 0. The molecule has 0 saturated heterocycles. The van der Waals surface area contributed by atoms with Crippen molar-refractivity contribution in [3.8, 4) is 0 Å². The Kier molecular flexibility index (Phi) is 40.1. The molecule has 0 aliphatic carbocycles. The van der Waals surface area contributed by atoms with E-state index in [0.717, 1.165) is 83.5 Å². The molecule has 294 valence electrons. The van der Waals surface area contributed by atoms with Gasteiger partial charge in [-0.15, -0.1) is 0 Å². The van der Waals surface area contributed by atoms with Gasteiger partial charge in [0.15, 0.2) is 0 Å². The smallest absolute Gasteiger partial charge is 0.220 e. The first kappa shape index (κ1) is 49.0. The van der Waals surface area contributed by atoms with E-state index in [2.05, 4.69) is 116 Å². The lowest BCUT2D eigenvalue weighted by Crippen LogP contribution is -2.45. The number of carbonyl (C=O) groups excluding carboxylic acids is 1. The van der Waals surface area contributed by atoms with Crippen LogP contribution >= 0.6 is 0 Å². The van der Waals surface area contributed by atoms with Gasteiger partial charge in [-0.2, -0.15) is 0 Å². The lowest BCUT2D eigenvalue weighted by atomic mass is 10.1. The summed E-state index contributed by atoms with van der Waals surface area (Å²) in [4.78, 5) is 12.3. The molecule has 0 aliphatic heterocycles. The molecule has 52 heavy (non-hydrogen) atoms.